The molecule has 0 saturated carbocycles. The monoisotopic (exact) mass is 300 g/mol. The molecule has 0 unspecified atom stereocenters. The number of aromatic nitrogens is 3. The van der Waals surface area contributed by atoms with E-state index in [-0.39, 0.29) is 0 Å². The first-order chi connectivity index (χ1) is 8.83. The summed E-state index contributed by atoms with van der Waals surface area (Å²) >= 11 is 3.44. The molecule has 88 valence electrons. The van der Waals surface area contributed by atoms with E-state index in [4.69, 9.17) is 0 Å². The summed E-state index contributed by atoms with van der Waals surface area (Å²) in [6.07, 6.45) is 5.02. The number of hydrogen-bond donors (Lipinski definition) is 1. The van der Waals surface area contributed by atoms with E-state index in [2.05, 4.69) is 36.2 Å². The van der Waals surface area contributed by atoms with Gasteiger partial charge in [0.15, 0.2) is 0 Å². The summed E-state index contributed by atoms with van der Waals surface area (Å²) in [6, 6.07) is 9.78. The highest BCUT2D eigenvalue weighted by molar-refractivity contribution is 9.10. The molecule has 4 nitrogen and oxygen atoms in total. The standard InChI is InChI=1S/C13H9BrN4/c14-9-2-1-3-10(6-9)18-13-11-7-15-5-4-12(11)16-8-17-13/h1-8H,(H,16,17,18). The lowest BCUT2D eigenvalue weighted by Gasteiger charge is -2.07. The van der Waals surface area contributed by atoms with Crippen molar-refractivity contribution in [2.75, 3.05) is 5.32 Å². The molecular weight excluding hydrogens is 292 g/mol. The first kappa shape index (κ1) is 11.1. The molecule has 18 heavy (non-hydrogen) atoms. The lowest BCUT2D eigenvalue weighted by atomic mass is 10.2. The predicted molar refractivity (Wildman–Crippen MR) is 74.8 cm³/mol. The van der Waals surface area contributed by atoms with Crippen LogP contribution in [0.1, 0.15) is 0 Å². The van der Waals surface area contributed by atoms with Crippen LogP contribution in [0.2, 0.25) is 0 Å². The highest BCUT2D eigenvalue weighted by Crippen LogP contribution is 2.23. The zero-order chi connectivity index (χ0) is 12.4. The summed E-state index contributed by atoms with van der Waals surface area (Å²) in [5.41, 5.74) is 1.84. The fourth-order valence-corrected chi connectivity index (χ4v) is 2.10. The molecule has 0 bridgehead atoms. The van der Waals surface area contributed by atoms with Gasteiger partial charge < -0.3 is 5.32 Å². The molecule has 1 aromatic carbocycles. The van der Waals surface area contributed by atoms with Crippen LogP contribution in [0.4, 0.5) is 11.5 Å². The molecule has 0 saturated heterocycles. The van der Waals surface area contributed by atoms with Crippen molar-refractivity contribution in [2.45, 2.75) is 0 Å². The second kappa shape index (κ2) is 4.70. The summed E-state index contributed by atoms with van der Waals surface area (Å²) in [4.78, 5) is 12.6. The van der Waals surface area contributed by atoms with Crippen LogP contribution < -0.4 is 5.32 Å². The summed E-state index contributed by atoms with van der Waals surface area (Å²) in [5, 5.41) is 4.17. The van der Waals surface area contributed by atoms with Crippen LogP contribution in [-0.4, -0.2) is 15.0 Å². The Bertz CT molecular complexity index is 694. The minimum Gasteiger partial charge on any atom is -0.340 e. The molecule has 3 aromatic rings. The van der Waals surface area contributed by atoms with Crippen LogP contribution >= 0.6 is 15.9 Å². The minimum atomic E-state index is 0.756. The van der Waals surface area contributed by atoms with Crippen molar-refractivity contribution in [2.24, 2.45) is 0 Å². The topological polar surface area (TPSA) is 50.7 Å². The number of anilines is 2. The van der Waals surface area contributed by atoms with E-state index < -0.39 is 0 Å². The maximum absolute atomic E-state index is 4.25. The molecule has 0 radical (unpaired) electrons. The van der Waals surface area contributed by atoms with Crippen LogP contribution in [0.5, 0.6) is 0 Å². The third kappa shape index (κ3) is 2.17. The van der Waals surface area contributed by atoms with Gasteiger partial charge in [0.25, 0.3) is 0 Å². The van der Waals surface area contributed by atoms with Gasteiger partial charge in [-0.1, -0.05) is 22.0 Å². The fraction of sp³-hybridized carbons (Fsp3) is 0. The summed E-state index contributed by atoms with van der Waals surface area (Å²) < 4.78 is 1.02. The van der Waals surface area contributed by atoms with Gasteiger partial charge in [-0.15, -0.1) is 0 Å². The highest BCUT2D eigenvalue weighted by atomic mass is 79.9. The Morgan fingerprint density at radius 3 is 2.94 bits per heavy atom. The number of rotatable bonds is 2. The summed E-state index contributed by atoms with van der Waals surface area (Å²) in [7, 11) is 0. The van der Waals surface area contributed by atoms with Gasteiger partial charge in [0.05, 0.1) is 10.9 Å². The molecule has 5 heteroatoms. The first-order valence-corrected chi connectivity index (χ1v) is 6.19. The van der Waals surface area contributed by atoms with Gasteiger partial charge >= 0.3 is 0 Å². The molecule has 3 rings (SSSR count). The van der Waals surface area contributed by atoms with E-state index in [0.29, 0.717) is 0 Å². The summed E-state index contributed by atoms with van der Waals surface area (Å²) in [5.74, 6) is 0.756. The Hall–Kier alpha value is -2.01. The number of fused-ring (bicyclic) bond motifs is 1. The zero-order valence-electron chi connectivity index (χ0n) is 9.34. The molecule has 0 aliphatic rings. The Kier molecular flexibility index (Phi) is 2.90. The molecule has 0 aliphatic carbocycles. The van der Waals surface area contributed by atoms with E-state index >= 15 is 0 Å². The quantitative estimate of drug-likeness (QED) is 0.786. The number of halogens is 1. The second-order valence-electron chi connectivity index (χ2n) is 3.75. The van der Waals surface area contributed by atoms with Crippen molar-refractivity contribution in [1.82, 2.24) is 15.0 Å². The van der Waals surface area contributed by atoms with Gasteiger partial charge in [-0.05, 0) is 24.3 Å². The molecule has 0 amide bonds. The molecule has 2 aromatic heterocycles. The number of pyridine rings is 1. The molecule has 1 N–H and O–H groups in total. The van der Waals surface area contributed by atoms with Crippen LogP contribution in [0.15, 0.2) is 53.5 Å². The SMILES string of the molecule is Brc1cccc(Nc2ncnc3ccncc23)c1. The number of hydrogen-bond acceptors (Lipinski definition) is 4. The van der Waals surface area contributed by atoms with Crippen molar-refractivity contribution < 1.29 is 0 Å². The number of nitrogens with zero attached hydrogens (tertiary/aromatic N) is 3. The van der Waals surface area contributed by atoms with Crippen molar-refractivity contribution in [1.29, 1.82) is 0 Å². The van der Waals surface area contributed by atoms with Crippen LogP contribution in [0.25, 0.3) is 10.9 Å². The van der Waals surface area contributed by atoms with Crippen LogP contribution in [0, 0.1) is 0 Å². The van der Waals surface area contributed by atoms with E-state index in [1.807, 2.05) is 30.3 Å². The predicted octanol–water partition coefficient (Wildman–Crippen LogP) is 3.53. The van der Waals surface area contributed by atoms with E-state index in [1.165, 1.54) is 0 Å². The highest BCUT2D eigenvalue weighted by Gasteiger charge is 2.03. The van der Waals surface area contributed by atoms with Crippen molar-refractivity contribution in [3.05, 3.63) is 53.5 Å². The average Bonchev–Trinajstić information content (AvgIpc) is 2.39. The third-order valence-electron chi connectivity index (χ3n) is 2.52. The lowest BCUT2D eigenvalue weighted by molar-refractivity contribution is 1.20. The van der Waals surface area contributed by atoms with Crippen LogP contribution in [-0.2, 0) is 0 Å². The maximum Gasteiger partial charge on any atom is 0.143 e. The molecule has 0 fully saturated rings. The smallest absolute Gasteiger partial charge is 0.143 e. The van der Waals surface area contributed by atoms with Gasteiger partial charge in [-0.2, -0.15) is 0 Å². The normalized spacial score (nSPS) is 10.5. The summed E-state index contributed by atoms with van der Waals surface area (Å²) in [6.45, 7) is 0. The first-order valence-electron chi connectivity index (χ1n) is 5.40. The third-order valence-corrected chi connectivity index (χ3v) is 3.02. The van der Waals surface area contributed by atoms with E-state index in [1.54, 1.807) is 18.7 Å². The molecular formula is C13H9BrN4. The fourth-order valence-electron chi connectivity index (χ4n) is 1.70. The molecule has 0 spiro atoms. The van der Waals surface area contributed by atoms with Crippen LogP contribution in [0.3, 0.4) is 0 Å². The Labute approximate surface area is 112 Å². The van der Waals surface area contributed by atoms with Crippen molar-refractivity contribution in [3.8, 4) is 0 Å². The van der Waals surface area contributed by atoms with Gasteiger partial charge in [-0.25, -0.2) is 9.97 Å². The Balaban J connectivity index is 2.05. The van der Waals surface area contributed by atoms with E-state index in [9.17, 15) is 0 Å². The van der Waals surface area contributed by atoms with Gasteiger partial charge in [-0.3, -0.25) is 4.98 Å². The average molecular weight is 301 g/mol. The van der Waals surface area contributed by atoms with Gasteiger partial charge in [0.1, 0.15) is 12.1 Å². The Morgan fingerprint density at radius 1 is 1.11 bits per heavy atom. The van der Waals surface area contributed by atoms with Crippen molar-refractivity contribution >= 4 is 38.3 Å². The van der Waals surface area contributed by atoms with E-state index in [0.717, 1.165) is 26.9 Å². The van der Waals surface area contributed by atoms with Gasteiger partial charge in [0.2, 0.25) is 0 Å². The molecule has 0 atom stereocenters. The Morgan fingerprint density at radius 2 is 2.06 bits per heavy atom. The largest absolute Gasteiger partial charge is 0.340 e. The lowest BCUT2D eigenvalue weighted by Crippen LogP contribution is -1.96. The zero-order valence-corrected chi connectivity index (χ0v) is 10.9. The molecule has 0 aliphatic heterocycles. The molecule has 2 heterocycles. The second-order valence-corrected chi connectivity index (χ2v) is 4.67. The number of nitrogens with one attached hydrogen (secondary N) is 1. The van der Waals surface area contributed by atoms with Crippen molar-refractivity contribution in [3.63, 3.8) is 0 Å². The van der Waals surface area contributed by atoms with Gasteiger partial charge in [0, 0.05) is 22.6 Å². The maximum atomic E-state index is 4.25. The number of benzene rings is 1. The minimum absolute atomic E-state index is 0.756.